The lowest BCUT2D eigenvalue weighted by atomic mass is 9.99. The third-order valence-electron chi connectivity index (χ3n) is 4.90. The molecule has 1 aromatic heterocycles. The molecule has 2 heterocycles. The first-order chi connectivity index (χ1) is 13.0. The van der Waals surface area contributed by atoms with Crippen LogP contribution in [0.1, 0.15) is 48.4 Å². The zero-order valence-electron chi connectivity index (χ0n) is 16.4. The Morgan fingerprint density at radius 2 is 1.96 bits per heavy atom. The SMILES string of the molecule is CCOC(=O)c1cnc(C)nc1Nc1ccc(CN2CCC(C)CC2)cc1. The lowest BCUT2D eigenvalue weighted by Gasteiger charge is -2.30. The molecule has 1 fully saturated rings. The molecule has 1 saturated heterocycles. The normalized spacial score (nSPS) is 15.5. The van der Waals surface area contributed by atoms with Crippen LogP contribution >= 0.6 is 0 Å². The summed E-state index contributed by atoms with van der Waals surface area (Å²) in [7, 11) is 0. The summed E-state index contributed by atoms with van der Waals surface area (Å²) >= 11 is 0. The van der Waals surface area contributed by atoms with Crippen molar-refractivity contribution in [3.05, 3.63) is 47.4 Å². The molecule has 27 heavy (non-hydrogen) atoms. The van der Waals surface area contributed by atoms with Crippen LogP contribution in [0.3, 0.4) is 0 Å². The average Bonchev–Trinajstić information content (AvgIpc) is 2.65. The Labute approximate surface area is 161 Å². The summed E-state index contributed by atoms with van der Waals surface area (Å²) in [6.07, 6.45) is 4.07. The number of anilines is 2. The summed E-state index contributed by atoms with van der Waals surface area (Å²) in [6, 6.07) is 8.29. The smallest absolute Gasteiger partial charge is 0.343 e. The van der Waals surface area contributed by atoms with Gasteiger partial charge in [0.05, 0.1) is 6.61 Å². The van der Waals surface area contributed by atoms with Gasteiger partial charge in [0.15, 0.2) is 0 Å². The van der Waals surface area contributed by atoms with Crippen LogP contribution in [0.25, 0.3) is 0 Å². The van der Waals surface area contributed by atoms with Gasteiger partial charge >= 0.3 is 5.97 Å². The largest absolute Gasteiger partial charge is 0.462 e. The number of likely N-dealkylation sites (tertiary alicyclic amines) is 1. The third kappa shape index (κ3) is 5.26. The molecule has 1 N–H and O–H groups in total. The molecule has 0 aliphatic carbocycles. The van der Waals surface area contributed by atoms with Crippen LogP contribution in [0, 0.1) is 12.8 Å². The number of aromatic nitrogens is 2. The summed E-state index contributed by atoms with van der Waals surface area (Å²) in [5, 5.41) is 3.22. The second-order valence-electron chi connectivity index (χ2n) is 7.18. The highest BCUT2D eigenvalue weighted by molar-refractivity contribution is 5.95. The Balaban J connectivity index is 1.68. The van der Waals surface area contributed by atoms with Crippen LogP contribution in [-0.4, -0.2) is 40.5 Å². The van der Waals surface area contributed by atoms with Gasteiger partial charge in [-0.3, -0.25) is 4.90 Å². The van der Waals surface area contributed by atoms with E-state index in [1.807, 2.05) is 12.1 Å². The highest BCUT2D eigenvalue weighted by Gasteiger charge is 2.17. The van der Waals surface area contributed by atoms with E-state index in [-0.39, 0.29) is 0 Å². The number of aryl methyl sites for hydroxylation is 1. The molecule has 1 aromatic carbocycles. The van der Waals surface area contributed by atoms with Crippen LogP contribution in [0.2, 0.25) is 0 Å². The van der Waals surface area contributed by atoms with E-state index in [9.17, 15) is 4.79 Å². The van der Waals surface area contributed by atoms with Crippen LogP contribution in [-0.2, 0) is 11.3 Å². The van der Waals surface area contributed by atoms with E-state index in [0.717, 1.165) is 18.2 Å². The van der Waals surface area contributed by atoms with Crippen LogP contribution in [0.15, 0.2) is 30.5 Å². The monoisotopic (exact) mass is 368 g/mol. The lowest BCUT2D eigenvalue weighted by molar-refractivity contribution is 0.0526. The van der Waals surface area contributed by atoms with E-state index in [4.69, 9.17) is 4.74 Å². The summed E-state index contributed by atoms with van der Waals surface area (Å²) in [5.74, 6) is 1.49. The number of esters is 1. The molecule has 1 aliphatic rings. The van der Waals surface area contributed by atoms with Gasteiger partial charge in [-0.05, 0) is 63.4 Å². The maximum Gasteiger partial charge on any atom is 0.343 e. The number of ether oxygens (including phenoxy) is 1. The fraction of sp³-hybridized carbons (Fsp3) is 0.476. The molecule has 6 nitrogen and oxygen atoms in total. The molecule has 0 bridgehead atoms. The number of benzene rings is 1. The standard InChI is InChI=1S/C21H28N4O2/c1-4-27-21(26)19-13-22-16(3)23-20(19)24-18-7-5-17(6-8-18)14-25-11-9-15(2)10-12-25/h5-8,13,15H,4,9-12,14H2,1-3H3,(H,22,23,24). The topological polar surface area (TPSA) is 67.3 Å². The maximum absolute atomic E-state index is 12.1. The van der Waals surface area contributed by atoms with E-state index in [1.54, 1.807) is 13.8 Å². The molecule has 3 rings (SSSR count). The molecule has 6 heteroatoms. The molecule has 0 spiro atoms. The first-order valence-corrected chi connectivity index (χ1v) is 9.64. The van der Waals surface area contributed by atoms with Crippen molar-refractivity contribution in [3.63, 3.8) is 0 Å². The number of piperidine rings is 1. The Kier molecular flexibility index (Phi) is 6.40. The van der Waals surface area contributed by atoms with E-state index in [2.05, 4.69) is 39.2 Å². The predicted octanol–water partition coefficient (Wildman–Crippen LogP) is 3.94. The molecule has 0 radical (unpaired) electrons. The molecule has 0 unspecified atom stereocenters. The molecule has 0 atom stereocenters. The highest BCUT2D eigenvalue weighted by Crippen LogP contribution is 2.22. The number of hydrogen-bond acceptors (Lipinski definition) is 6. The van der Waals surface area contributed by atoms with Gasteiger partial charge in [0, 0.05) is 18.4 Å². The van der Waals surface area contributed by atoms with Crippen LogP contribution in [0.4, 0.5) is 11.5 Å². The van der Waals surface area contributed by atoms with E-state index >= 15 is 0 Å². The fourth-order valence-electron chi connectivity index (χ4n) is 3.23. The minimum absolute atomic E-state index is 0.316. The van der Waals surface area contributed by atoms with Crippen molar-refractivity contribution in [3.8, 4) is 0 Å². The molecule has 0 amide bonds. The Hall–Kier alpha value is -2.47. The summed E-state index contributed by atoms with van der Waals surface area (Å²) in [6.45, 7) is 9.54. The van der Waals surface area contributed by atoms with Gasteiger partial charge < -0.3 is 10.1 Å². The molecule has 2 aromatic rings. The minimum atomic E-state index is -0.420. The van der Waals surface area contributed by atoms with Gasteiger partial charge in [-0.15, -0.1) is 0 Å². The summed E-state index contributed by atoms with van der Waals surface area (Å²) < 4.78 is 5.09. The zero-order valence-corrected chi connectivity index (χ0v) is 16.4. The molecular weight excluding hydrogens is 340 g/mol. The summed E-state index contributed by atoms with van der Waals surface area (Å²) in [5.41, 5.74) is 2.52. The number of hydrogen-bond donors (Lipinski definition) is 1. The Bertz CT molecular complexity index is 768. The van der Waals surface area contributed by atoms with Crippen LogP contribution < -0.4 is 5.32 Å². The lowest BCUT2D eigenvalue weighted by Crippen LogP contribution is -2.32. The van der Waals surface area contributed by atoms with E-state index in [1.165, 1.54) is 37.7 Å². The number of carbonyl (C=O) groups excluding carboxylic acids is 1. The van der Waals surface area contributed by atoms with E-state index in [0.29, 0.717) is 23.8 Å². The molecule has 1 aliphatic heterocycles. The van der Waals surface area contributed by atoms with Crippen molar-refractivity contribution in [2.75, 3.05) is 25.0 Å². The predicted molar refractivity (Wildman–Crippen MR) is 106 cm³/mol. The fourth-order valence-corrected chi connectivity index (χ4v) is 3.23. The van der Waals surface area contributed by atoms with Crippen molar-refractivity contribution in [1.29, 1.82) is 0 Å². The van der Waals surface area contributed by atoms with Gasteiger partial charge in [-0.2, -0.15) is 0 Å². The van der Waals surface area contributed by atoms with Gasteiger partial charge in [0.1, 0.15) is 17.2 Å². The zero-order chi connectivity index (χ0) is 19.2. The van der Waals surface area contributed by atoms with Crippen molar-refractivity contribution < 1.29 is 9.53 Å². The van der Waals surface area contributed by atoms with Crippen molar-refractivity contribution >= 4 is 17.5 Å². The van der Waals surface area contributed by atoms with Gasteiger partial charge in [-0.1, -0.05) is 19.1 Å². The molecule has 144 valence electrons. The maximum atomic E-state index is 12.1. The quantitative estimate of drug-likeness (QED) is 0.779. The van der Waals surface area contributed by atoms with Gasteiger partial charge in [0.2, 0.25) is 0 Å². The molecular formula is C21H28N4O2. The van der Waals surface area contributed by atoms with Crippen molar-refractivity contribution in [1.82, 2.24) is 14.9 Å². The summed E-state index contributed by atoms with van der Waals surface area (Å²) in [4.78, 5) is 23.1. The Morgan fingerprint density at radius 3 is 2.63 bits per heavy atom. The average molecular weight is 368 g/mol. The Morgan fingerprint density at radius 1 is 1.26 bits per heavy atom. The van der Waals surface area contributed by atoms with Gasteiger partial charge in [0.25, 0.3) is 0 Å². The number of carbonyl (C=O) groups is 1. The second kappa shape index (κ2) is 8.95. The van der Waals surface area contributed by atoms with Crippen molar-refractivity contribution in [2.24, 2.45) is 5.92 Å². The first kappa shape index (κ1) is 19.3. The van der Waals surface area contributed by atoms with Crippen LogP contribution in [0.5, 0.6) is 0 Å². The number of nitrogens with one attached hydrogen (secondary N) is 1. The number of nitrogens with zero attached hydrogens (tertiary/aromatic N) is 3. The minimum Gasteiger partial charge on any atom is -0.462 e. The second-order valence-corrected chi connectivity index (χ2v) is 7.18. The first-order valence-electron chi connectivity index (χ1n) is 9.64. The van der Waals surface area contributed by atoms with E-state index < -0.39 is 5.97 Å². The third-order valence-corrected chi connectivity index (χ3v) is 4.90. The van der Waals surface area contributed by atoms with Crippen molar-refractivity contribution in [2.45, 2.75) is 40.2 Å². The number of rotatable bonds is 6. The van der Waals surface area contributed by atoms with Gasteiger partial charge in [-0.25, -0.2) is 14.8 Å². The highest BCUT2D eigenvalue weighted by atomic mass is 16.5. The molecule has 0 saturated carbocycles.